The summed E-state index contributed by atoms with van der Waals surface area (Å²) in [6.07, 6.45) is 0.107. The van der Waals surface area contributed by atoms with Crippen molar-refractivity contribution in [1.29, 1.82) is 0 Å². The van der Waals surface area contributed by atoms with E-state index < -0.39 is 6.10 Å². The third-order valence-corrected chi connectivity index (χ3v) is 4.35. The first-order valence-electron chi connectivity index (χ1n) is 6.57. The van der Waals surface area contributed by atoms with E-state index in [1.807, 2.05) is 30.3 Å². The molecule has 21 heavy (non-hydrogen) atoms. The molecule has 1 unspecified atom stereocenters. The van der Waals surface area contributed by atoms with Gasteiger partial charge in [0, 0.05) is 21.6 Å². The van der Waals surface area contributed by atoms with E-state index in [4.69, 9.17) is 11.6 Å². The van der Waals surface area contributed by atoms with Crippen LogP contribution in [0.25, 0.3) is 0 Å². The molecule has 0 saturated carbocycles. The Labute approximate surface area is 136 Å². The van der Waals surface area contributed by atoms with E-state index in [0.717, 1.165) is 21.3 Å². The first-order chi connectivity index (χ1) is 10.0. The van der Waals surface area contributed by atoms with Gasteiger partial charge in [-0.3, -0.25) is 4.79 Å². The van der Waals surface area contributed by atoms with Crippen LogP contribution in [0.2, 0.25) is 5.02 Å². The number of fused-ring (bicyclic) bond motifs is 1. The average Bonchev–Trinajstić information content (AvgIpc) is 2.76. The molecular weight excluding hydrogens is 354 g/mol. The van der Waals surface area contributed by atoms with Gasteiger partial charge in [0.2, 0.25) is 5.91 Å². The van der Waals surface area contributed by atoms with Gasteiger partial charge in [-0.2, -0.15) is 0 Å². The maximum Gasteiger partial charge on any atom is 0.228 e. The summed E-state index contributed by atoms with van der Waals surface area (Å²) in [6, 6.07) is 11.3. The molecule has 0 saturated heterocycles. The van der Waals surface area contributed by atoms with Gasteiger partial charge in [-0.1, -0.05) is 39.7 Å². The number of rotatable bonds is 3. The molecule has 1 heterocycles. The molecule has 1 aliphatic rings. The minimum Gasteiger partial charge on any atom is -0.388 e. The molecule has 0 aromatic heterocycles. The van der Waals surface area contributed by atoms with Gasteiger partial charge in [0.1, 0.15) is 0 Å². The van der Waals surface area contributed by atoms with Crippen LogP contribution in [0.5, 0.6) is 0 Å². The Balaban J connectivity index is 1.87. The van der Waals surface area contributed by atoms with Crippen molar-refractivity contribution < 1.29 is 9.90 Å². The van der Waals surface area contributed by atoms with E-state index in [0.29, 0.717) is 23.4 Å². The third-order valence-electron chi connectivity index (χ3n) is 3.52. The second-order valence-corrected chi connectivity index (χ2v) is 6.43. The van der Waals surface area contributed by atoms with E-state index in [1.54, 1.807) is 6.07 Å². The number of nitrogens with one attached hydrogen (secondary N) is 1. The van der Waals surface area contributed by atoms with Crippen molar-refractivity contribution in [3.05, 3.63) is 62.6 Å². The van der Waals surface area contributed by atoms with Crippen molar-refractivity contribution in [1.82, 2.24) is 0 Å². The molecule has 1 atom stereocenters. The monoisotopic (exact) mass is 365 g/mol. The fourth-order valence-corrected chi connectivity index (χ4v) is 3.26. The normalized spacial score (nSPS) is 14.7. The smallest absolute Gasteiger partial charge is 0.228 e. The number of amides is 1. The van der Waals surface area contributed by atoms with Crippen molar-refractivity contribution in [3.8, 4) is 0 Å². The summed E-state index contributed by atoms with van der Waals surface area (Å²) in [7, 11) is 0. The van der Waals surface area contributed by atoms with Crippen LogP contribution in [0.4, 0.5) is 5.69 Å². The summed E-state index contributed by atoms with van der Waals surface area (Å²) in [4.78, 5) is 11.4. The molecule has 5 heteroatoms. The number of hydrogen-bond donors (Lipinski definition) is 2. The predicted molar refractivity (Wildman–Crippen MR) is 86.6 cm³/mol. The molecule has 0 bridgehead atoms. The standard InChI is InChI=1S/C16H13BrClNO2/c17-11-3-1-2-9(4-11)5-15(20)12-6-10-7-16(21)19-14(10)8-13(12)18/h1-4,6,8,15,20H,5,7H2,(H,19,21). The lowest BCUT2D eigenvalue weighted by atomic mass is 9.99. The van der Waals surface area contributed by atoms with Crippen LogP contribution >= 0.6 is 27.5 Å². The van der Waals surface area contributed by atoms with Gasteiger partial charge in [-0.25, -0.2) is 0 Å². The molecule has 2 aromatic rings. The van der Waals surface area contributed by atoms with Crippen LogP contribution in [0.1, 0.15) is 22.8 Å². The average molecular weight is 367 g/mol. The molecule has 0 spiro atoms. The number of halogens is 2. The first-order valence-corrected chi connectivity index (χ1v) is 7.74. The molecule has 2 aromatic carbocycles. The quantitative estimate of drug-likeness (QED) is 0.866. The number of aliphatic hydroxyl groups excluding tert-OH is 1. The van der Waals surface area contributed by atoms with E-state index in [2.05, 4.69) is 21.2 Å². The maximum atomic E-state index is 11.4. The van der Waals surface area contributed by atoms with Crippen LogP contribution in [0.15, 0.2) is 40.9 Å². The Morgan fingerprint density at radius 1 is 1.33 bits per heavy atom. The van der Waals surface area contributed by atoms with Gasteiger partial charge in [0.15, 0.2) is 0 Å². The lowest BCUT2D eigenvalue weighted by Gasteiger charge is -2.14. The molecule has 2 N–H and O–H groups in total. The van der Waals surface area contributed by atoms with Gasteiger partial charge in [-0.05, 0) is 41.0 Å². The van der Waals surface area contributed by atoms with Gasteiger partial charge in [0.25, 0.3) is 0 Å². The lowest BCUT2D eigenvalue weighted by molar-refractivity contribution is -0.115. The zero-order valence-corrected chi connectivity index (χ0v) is 13.4. The fourth-order valence-electron chi connectivity index (χ4n) is 2.52. The molecule has 3 rings (SSSR count). The second-order valence-electron chi connectivity index (χ2n) is 5.11. The molecule has 0 fully saturated rings. The number of carbonyl (C=O) groups is 1. The number of aliphatic hydroxyl groups is 1. The van der Waals surface area contributed by atoms with Crippen LogP contribution in [0, 0.1) is 0 Å². The lowest BCUT2D eigenvalue weighted by Crippen LogP contribution is -2.03. The van der Waals surface area contributed by atoms with Crippen LogP contribution in [-0.2, 0) is 17.6 Å². The highest BCUT2D eigenvalue weighted by atomic mass is 79.9. The largest absolute Gasteiger partial charge is 0.388 e. The van der Waals surface area contributed by atoms with Crippen molar-refractivity contribution in [3.63, 3.8) is 0 Å². The van der Waals surface area contributed by atoms with Crippen molar-refractivity contribution in [2.24, 2.45) is 0 Å². The fraction of sp³-hybridized carbons (Fsp3) is 0.188. The van der Waals surface area contributed by atoms with Crippen LogP contribution in [0.3, 0.4) is 0 Å². The Morgan fingerprint density at radius 2 is 2.14 bits per heavy atom. The van der Waals surface area contributed by atoms with E-state index in [-0.39, 0.29) is 5.91 Å². The summed E-state index contributed by atoms with van der Waals surface area (Å²) in [5.74, 6) is -0.0419. The molecular formula is C16H13BrClNO2. The van der Waals surface area contributed by atoms with Crippen LogP contribution in [-0.4, -0.2) is 11.0 Å². The molecule has 0 aliphatic carbocycles. The van der Waals surface area contributed by atoms with Gasteiger partial charge < -0.3 is 10.4 Å². The number of hydrogen-bond acceptors (Lipinski definition) is 2. The Kier molecular flexibility index (Phi) is 4.02. The van der Waals surface area contributed by atoms with E-state index in [9.17, 15) is 9.90 Å². The maximum absolute atomic E-state index is 11.4. The molecule has 1 aliphatic heterocycles. The summed E-state index contributed by atoms with van der Waals surface area (Å²) in [5.41, 5.74) is 3.30. The zero-order valence-electron chi connectivity index (χ0n) is 11.1. The van der Waals surface area contributed by atoms with Crippen molar-refractivity contribution in [2.45, 2.75) is 18.9 Å². The molecule has 0 radical (unpaired) electrons. The summed E-state index contributed by atoms with van der Waals surface area (Å²) >= 11 is 9.64. The zero-order chi connectivity index (χ0) is 15.0. The minimum atomic E-state index is -0.701. The highest BCUT2D eigenvalue weighted by Crippen LogP contribution is 2.34. The van der Waals surface area contributed by atoms with Crippen molar-refractivity contribution in [2.75, 3.05) is 5.32 Å². The number of carbonyl (C=O) groups excluding carboxylic acids is 1. The Morgan fingerprint density at radius 3 is 2.90 bits per heavy atom. The summed E-state index contributed by atoms with van der Waals surface area (Å²) in [5, 5.41) is 13.7. The summed E-state index contributed by atoms with van der Waals surface area (Å²) < 4.78 is 0.974. The number of anilines is 1. The highest BCUT2D eigenvalue weighted by molar-refractivity contribution is 9.10. The topological polar surface area (TPSA) is 49.3 Å². The molecule has 1 amide bonds. The van der Waals surface area contributed by atoms with E-state index >= 15 is 0 Å². The highest BCUT2D eigenvalue weighted by Gasteiger charge is 2.22. The van der Waals surface area contributed by atoms with Gasteiger partial charge in [0.05, 0.1) is 12.5 Å². The first kappa shape index (κ1) is 14.6. The predicted octanol–water partition coefficient (Wildman–Crippen LogP) is 3.87. The van der Waals surface area contributed by atoms with Gasteiger partial charge in [-0.15, -0.1) is 0 Å². The Hall–Kier alpha value is -1.36. The Bertz CT molecular complexity index is 717. The molecule has 3 nitrogen and oxygen atoms in total. The minimum absolute atomic E-state index is 0.0419. The molecule has 108 valence electrons. The van der Waals surface area contributed by atoms with Gasteiger partial charge >= 0.3 is 0 Å². The van der Waals surface area contributed by atoms with Crippen LogP contribution < -0.4 is 5.32 Å². The third kappa shape index (κ3) is 3.12. The number of benzene rings is 2. The van der Waals surface area contributed by atoms with Crippen molar-refractivity contribution >= 4 is 39.1 Å². The second kappa shape index (κ2) is 5.79. The van der Waals surface area contributed by atoms with E-state index in [1.165, 1.54) is 0 Å². The SMILES string of the molecule is O=C1Cc2cc(C(O)Cc3cccc(Br)c3)c(Cl)cc2N1. The summed E-state index contributed by atoms with van der Waals surface area (Å²) in [6.45, 7) is 0.